The van der Waals surface area contributed by atoms with Gasteiger partial charge in [0, 0.05) is 17.7 Å². The molecule has 1 aromatic heterocycles. The summed E-state index contributed by atoms with van der Waals surface area (Å²) in [5.41, 5.74) is -0.565. The van der Waals surface area contributed by atoms with E-state index in [-0.39, 0.29) is 23.2 Å². The van der Waals surface area contributed by atoms with Crippen LogP contribution in [0.1, 0.15) is 5.56 Å². The summed E-state index contributed by atoms with van der Waals surface area (Å²) >= 11 is 0. The lowest BCUT2D eigenvalue weighted by Gasteiger charge is -2.11. The van der Waals surface area contributed by atoms with Crippen LogP contribution in [0.4, 0.5) is 13.2 Å². The van der Waals surface area contributed by atoms with Crippen molar-refractivity contribution in [3.63, 3.8) is 0 Å². The second-order valence-electron chi connectivity index (χ2n) is 4.73. The number of phenols is 1. The molecular weight excluding hydrogens is 297 g/mol. The molecule has 0 spiro atoms. The summed E-state index contributed by atoms with van der Waals surface area (Å²) in [6.45, 7) is -0.271. The van der Waals surface area contributed by atoms with Gasteiger partial charge in [-0.2, -0.15) is 4.98 Å². The highest BCUT2D eigenvalue weighted by atomic mass is 19.1. The number of benzene rings is 2. The molecule has 3 rings (SSSR count). The summed E-state index contributed by atoms with van der Waals surface area (Å²) in [7, 11) is 0. The van der Waals surface area contributed by atoms with Crippen molar-refractivity contribution in [2.24, 2.45) is 0 Å². The van der Waals surface area contributed by atoms with E-state index in [2.05, 4.69) is 4.98 Å². The van der Waals surface area contributed by atoms with Gasteiger partial charge in [0.05, 0.1) is 23.8 Å². The molecule has 1 heterocycles. The van der Waals surface area contributed by atoms with Crippen molar-refractivity contribution < 1.29 is 18.3 Å². The van der Waals surface area contributed by atoms with Gasteiger partial charge in [-0.25, -0.2) is 13.2 Å². The normalized spacial score (nSPS) is 11.0. The molecule has 0 radical (unpaired) electrons. The molecule has 0 bridgehead atoms. The van der Waals surface area contributed by atoms with E-state index in [1.807, 2.05) is 0 Å². The maximum absolute atomic E-state index is 13.7. The molecule has 0 unspecified atom stereocenters. The van der Waals surface area contributed by atoms with Gasteiger partial charge in [-0.1, -0.05) is 0 Å². The molecule has 2 aromatic carbocycles. The van der Waals surface area contributed by atoms with Crippen molar-refractivity contribution in [2.45, 2.75) is 6.54 Å². The molecule has 0 saturated carbocycles. The van der Waals surface area contributed by atoms with Gasteiger partial charge in [0.25, 0.3) is 5.56 Å². The molecule has 0 amide bonds. The van der Waals surface area contributed by atoms with Crippen LogP contribution in [0.15, 0.2) is 41.5 Å². The molecule has 0 saturated heterocycles. The first-order valence-corrected chi connectivity index (χ1v) is 6.27. The second kappa shape index (κ2) is 5.18. The molecule has 4 nitrogen and oxygen atoms in total. The van der Waals surface area contributed by atoms with Gasteiger partial charge in [-0.05, 0) is 18.2 Å². The predicted molar refractivity (Wildman–Crippen MR) is 73.1 cm³/mol. The fourth-order valence-electron chi connectivity index (χ4n) is 2.22. The van der Waals surface area contributed by atoms with Crippen molar-refractivity contribution >= 4 is 10.9 Å². The summed E-state index contributed by atoms with van der Waals surface area (Å²) in [6, 6.07) is 5.17. The number of aromatic hydroxyl groups is 1. The smallest absolute Gasteiger partial charge is 0.280 e. The fourth-order valence-corrected chi connectivity index (χ4v) is 2.22. The number of hydrogen-bond acceptors (Lipinski definition) is 3. The van der Waals surface area contributed by atoms with E-state index in [4.69, 9.17) is 0 Å². The lowest BCUT2D eigenvalue weighted by molar-refractivity contribution is 0.476. The highest BCUT2D eigenvalue weighted by Crippen LogP contribution is 2.20. The van der Waals surface area contributed by atoms with E-state index in [1.54, 1.807) is 0 Å². The van der Waals surface area contributed by atoms with Crippen LogP contribution in [0.3, 0.4) is 0 Å². The van der Waals surface area contributed by atoms with E-state index >= 15 is 0 Å². The van der Waals surface area contributed by atoms with Gasteiger partial charge >= 0.3 is 0 Å². The Labute approximate surface area is 122 Å². The quantitative estimate of drug-likeness (QED) is 0.791. The maximum atomic E-state index is 13.7. The van der Waals surface area contributed by atoms with E-state index in [1.165, 1.54) is 22.8 Å². The second-order valence-corrected chi connectivity index (χ2v) is 4.73. The first-order valence-electron chi connectivity index (χ1n) is 6.27. The Morgan fingerprint density at radius 2 is 1.77 bits per heavy atom. The third-order valence-corrected chi connectivity index (χ3v) is 3.27. The van der Waals surface area contributed by atoms with E-state index < -0.39 is 23.0 Å². The van der Waals surface area contributed by atoms with Crippen molar-refractivity contribution in [1.29, 1.82) is 0 Å². The number of phenolic OH excluding ortho intramolecular Hbond substituents is 1. The van der Waals surface area contributed by atoms with Crippen LogP contribution < -0.4 is 5.56 Å². The maximum Gasteiger partial charge on any atom is 0.280 e. The third-order valence-electron chi connectivity index (χ3n) is 3.27. The number of hydrogen-bond donors (Lipinski definition) is 1. The number of halogens is 3. The Hall–Kier alpha value is -2.83. The number of fused-ring (bicyclic) bond motifs is 1. The zero-order chi connectivity index (χ0) is 15.9. The van der Waals surface area contributed by atoms with Gasteiger partial charge in [0.1, 0.15) is 23.2 Å². The van der Waals surface area contributed by atoms with Crippen LogP contribution in [-0.2, 0) is 6.54 Å². The zero-order valence-corrected chi connectivity index (χ0v) is 11.1. The number of aromatic nitrogens is 2. The summed E-state index contributed by atoms with van der Waals surface area (Å²) in [6.07, 6.45) is 1.14. The minimum Gasteiger partial charge on any atom is -0.508 e. The minimum atomic E-state index is -1.02. The summed E-state index contributed by atoms with van der Waals surface area (Å²) in [4.78, 5) is 15.3. The molecular formula is C15H9F3N2O2. The van der Waals surface area contributed by atoms with E-state index in [0.29, 0.717) is 17.6 Å². The predicted octanol–water partition coefficient (Wildman–Crippen LogP) is 2.57. The van der Waals surface area contributed by atoms with E-state index in [0.717, 1.165) is 6.33 Å². The highest BCUT2D eigenvalue weighted by Gasteiger charge is 2.13. The Balaban J connectivity index is 2.17. The number of rotatable bonds is 2. The molecule has 0 fully saturated rings. The van der Waals surface area contributed by atoms with Crippen molar-refractivity contribution in [1.82, 2.24) is 9.55 Å². The van der Waals surface area contributed by atoms with Crippen LogP contribution in [-0.4, -0.2) is 14.7 Å². The SMILES string of the molecule is O=c1ncn(Cc2c(F)cc(F)cc2F)c2ccc(O)cc12. The van der Waals surface area contributed by atoms with Crippen LogP contribution in [0.2, 0.25) is 0 Å². The molecule has 0 aliphatic heterocycles. The standard InChI is InChI=1S/C15H9F3N2O2/c16-8-3-12(17)11(13(18)4-8)6-20-7-19-15(22)10-5-9(21)1-2-14(10)20/h1-5,7,21H,6H2. The highest BCUT2D eigenvalue weighted by molar-refractivity contribution is 5.79. The minimum absolute atomic E-state index is 0.116. The average Bonchev–Trinajstić information content (AvgIpc) is 2.45. The average molecular weight is 306 g/mol. The molecule has 22 heavy (non-hydrogen) atoms. The first kappa shape index (κ1) is 14.1. The largest absolute Gasteiger partial charge is 0.508 e. The summed E-state index contributed by atoms with van der Waals surface area (Å²) < 4.78 is 41.7. The lowest BCUT2D eigenvalue weighted by atomic mass is 10.1. The Morgan fingerprint density at radius 3 is 2.45 bits per heavy atom. The zero-order valence-electron chi connectivity index (χ0n) is 11.1. The van der Waals surface area contributed by atoms with Crippen LogP contribution in [0.5, 0.6) is 5.75 Å². The number of nitrogens with zero attached hydrogens (tertiary/aromatic N) is 2. The molecule has 0 aliphatic rings. The van der Waals surface area contributed by atoms with Gasteiger partial charge in [-0.3, -0.25) is 4.79 Å². The summed E-state index contributed by atoms with van der Waals surface area (Å²) in [5, 5.41) is 9.53. The van der Waals surface area contributed by atoms with Gasteiger partial charge in [0.15, 0.2) is 0 Å². The lowest BCUT2D eigenvalue weighted by Crippen LogP contribution is -2.14. The third kappa shape index (κ3) is 2.41. The molecule has 0 atom stereocenters. The topological polar surface area (TPSA) is 55.1 Å². The van der Waals surface area contributed by atoms with E-state index in [9.17, 15) is 23.1 Å². The van der Waals surface area contributed by atoms with Crippen molar-refractivity contribution in [3.8, 4) is 5.75 Å². The first-order chi connectivity index (χ1) is 10.5. The van der Waals surface area contributed by atoms with Gasteiger partial charge in [0.2, 0.25) is 0 Å². The van der Waals surface area contributed by atoms with Crippen LogP contribution >= 0.6 is 0 Å². The van der Waals surface area contributed by atoms with Gasteiger partial charge in [-0.15, -0.1) is 0 Å². The van der Waals surface area contributed by atoms with Gasteiger partial charge < -0.3 is 9.67 Å². The molecule has 0 aliphatic carbocycles. The van der Waals surface area contributed by atoms with Crippen molar-refractivity contribution in [2.75, 3.05) is 0 Å². The molecule has 1 N–H and O–H groups in total. The summed E-state index contributed by atoms with van der Waals surface area (Å²) in [5.74, 6) is -3.18. The Kier molecular flexibility index (Phi) is 3.32. The fraction of sp³-hybridized carbons (Fsp3) is 0.0667. The molecule has 3 aromatic rings. The molecule has 7 heteroatoms. The van der Waals surface area contributed by atoms with Crippen molar-refractivity contribution in [3.05, 3.63) is 70.0 Å². The molecule has 112 valence electrons. The van der Waals surface area contributed by atoms with Crippen LogP contribution in [0.25, 0.3) is 10.9 Å². The monoisotopic (exact) mass is 306 g/mol. The Morgan fingerprint density at radius 1 is 1.09 bits per heavy atom. The van der Waals surface area contributed by atoms with Crippen LogP contribution in [0, 0.1) is 17.5 Å². The Bertz CT molecular complexity index is 915.